The minimum absolute atomic E-state index is 0.146. The highest BCUT2D eigenvalue weighted by Crippen LogP contribution is 2.27. The molecule has 2 unspecified atom stereocenters. The number of hydrogen-bond acceptors (Lipinski definition) is 3. The first kappa shape index (κ1) is 13.8. The van der Waals surface area contributed by atoms with Crippen molar-refractivity contribution in [3.8, 4) is 0 Å². The van der Waals surface area contributed by atoms with Gasteiger partial charge in [-0.2, -0.15) is 0 Å². The van der Waals surface area contributed by atoms with E-state index in [2.05, 4.69) is 12.3 Å². The van der Waals surface area contributed by atoms with Gasteiger partial charge in [-0.25, -0.2) is 0 Å². The molecule has 100 valence electrons. The van der Waals surface area contributed by atoms with Gasteiger partial charge in [0.25, 0.3) is 0 Å². The second kappa shape index (κ2) is 6.53. The summed E-state index contributed by atoms with van der Waals surface area (Å²) in [4.78, 5) is 0. The van der Waals surface area contributed by atoms with Gasteiger partial charge in [0.05, 0.1) is 6.10 Å². The van der Waals surface area contributed by atoms with Crippen LogP contribution in [-0.4, -0.2) is 12.7 Å². The van der Waals surface area contributed by atoms with Crippen molar-refractivity contribution >= 4 is 11.6 Å². The van der Waals surface area contributed by atoms with Gasteiger partial charge in [0, 0.05) is 17.7 Å². The number of aryl methyl sites for hydroxylation is 1. The van der Waals surface area contributed by atoms with Crippen LogP contribution in [0.15, 0.2) is 18.2 Å². The highest BCUT2D eigenvalue weighted by molar-refractivity contribution is 6.30. The Morgan fingerprint density at radius 1 is 1.56 bits per heavy atom. The zero-order chi connectivity index (χ0) is 13.0. The number of halogens is 1. The fourth-order valence-corrected chi connectivity index (χ4v) is 2.72. The van der Waals surface area contributed by atoms with Crippen molar-refractivity contribution in [2.45, 2.75) is 44.8 Å². The molecule has 0 spiro atoms. The summed E-state index contributed by atoms with van der Waals surface area (Å²) < 4.78 is 5.64. The Morgan fingerprint density at radius 2 is 2.39 bits per heavy atom. The maximum Gasteiger partial charge on any atom is 0.0576 e. The van der Waals surface area contributed by atoms with E-state index in [1.165, 1.54) is 24.0 Å². The summed E-state index contributed by atoms with van der Waals surface area (Å²) in [5.41, 5.74) is 5.30. The van der Waals surface area contributed by atoms with Crippen LogP contribution in [0.5, 0.6) is 0 Å². The van der Waals surface area contributed by atoms with E-state index in [4.69, 9.17) is 22.2 Å². The third-order valence-corrected chi connectivity index (χ3v) is 3.85. The number of nitrogens with two attached hydrogens (primary N) is 1. The van der Waals surface area contributed by atoms with E-state index in [0.29, 0.717) is 6.10 Å². The first-order valence-electron chi connectivity index (χ1n) is 6.54. The number of rotatable bonds is 5. The summed E-state index contributed by atoms with van der Waals surface area (Å²) in [6, 6.07) is 6.09. The molecular formula is C14H21ClN2O. The first-order chi connectivity index (χ1) is 8.70. The van der Waals surface area contributed by atoms with Gasteiger partial charge < -0.3 is 4.74 Å². The normalized spacial score (nSPS) is 21.2. The van der Waals surface area contributed by atoms with E-state index in [0.717, 1.165) is 24.5 Å². The number of hydrogen-bond donors (Lipinski definition) is 2. The molecule has 2 rings (SSSR count). The van der Waals surface area contributed by atoms with Crippen LogP contribution < -0.4 is 11.3 Å². The molecular weight excluding hydrogens is 248 g/mol. The van der Waals surface area contributed by atoms with E-state index in [-0.39, 0.29) is 6.04 Å². The van der Waals surface area contributed by atoms with Crippen LogP contribution in [0.4, 0.5) is 0 Å². The van der Waals surface area contributed by atoms with Gasteiger partial charge in [-0.05, 0) is 55.9 Å². The molecule has 1 aliphatic rings. The lowest BCUT2D eigenvalue weighted by Gasteiger charge is -2.20. The minimum Gasteiger partial charge on any atom is -0.378 e. The highest BCUT2D eigenvalue weighted by Gasteiger charge is 2.19. The van der Waals surface area contributed by atoms with E-state index in [9.17, 15) is 0 Å². The Morgan fingerprint density at radius 3 is 3.06 bits per heavy atom. The molecule has 3 N–H and O–H groups in total. The Bertz CT molecular complexity index is 391. The van der Waals surface area contributed by atoms with Crippen molar-refractivity contribution in [1.29, 1.82) is 0 Å². The van der Waals surface area contributed by atoms with E-state index < -0.39 is 0 Å². The topological polar surface area (TPSA) is 47.3 Å². The van der Waals surface area contributed by atoms with Gasteiger partial charge in [0.1, 0.15) is 0 Å². The van der Waals surface area contributed by atoms with Crippen LogP contribution in [0, 0.1) is 6.92 Å². The zero-order valence-electron chi connectivity index (χ0n) is 10.8. The summed E-state index contributed by atoms with van der Waals surface area (Å²) in [5, 5.41) is 0.757. The van der Waals surface area contributed by atoms with Crippen LogP contribution >= 0.6 is 11.6 Å². The van der Waals surface area contributed by atoms with Crippen LogP contribution in [0.3, 0.4) is 0 Å². The van der Waals surface area contributed by atoms with E-state index >= 15 is 0 Å². The van der Waals surface area contributed by atoms with Crippen LogP contribution in [0.25, 0.3) is 0 Å². The predicted molar refractivity (Wildman–Crippen MR) is 74.5 cm³/mol. The molecule has 0 radical (unpaired) electrons. The molecule has 1 saturated heterocycles. The van der Waals surface area contributed by atoms with Crippen molar-refractivity contribution in [2.24, 2.45) is 5.84 Å². The van der Waals surface area contributed by atoms with Crippen molar-refractivity contribution in [3.63, 3.8) is 0 Å². The summed E-state index contributed by atoms with van der Waals surface area (Å²) in [6.45, 7) is 2.99. The van der Waals surface area contributed by atoms with Crippen LogP contribution in [0.1, 0.15) is 42.9 Å². The molecule has 0 aliphatic carbocycles. The predicted octanol–water partition coefficient (Wildman–Crippen LogP) is 3.11. The smallest absolute Gasteiger partial charge is 0.0576 e. The summed E-state index contributed by atoms with van der Waals surface area (Å²) in [6.07, 6.45) is 4.77. The summed E-state index contributed by atoms with van der Waals surface area (Å²) >= 11 is 6.05. The molecule has 4 heteroatoms. The third kappa shape index (κ3) is 3.45. The average Bonchev–Trinajstić information content (AvgIpc) is 2.87. The van der Waals surface area contributed by atoms with E-state index in [1.54, 1.807) is 0 Å². The third-order valence-electron chi connectivity index (χ3n) is 3.62. The molecule has 3 nitrogen and oxygen atoms in total. The van der Waals surface area contributed by atoms with Gasteiger partial charge in [0.2, 0.25) is 0 Å². The fourth-order valence-electron chi connectivity index (χ4n) is 2.54. The molecule has 0 amide bonds. The molecule has 1 aromatic rings. The molecule has 2 atom stereocenters. The zero-order valence-corrected chi connectivity index (χ0v) is 11.5. The second-order valence-electron chi connectivity index (χ2n) is 4.93. The minimum atomic E-state index is 0.146. The molecule has 1 fully saturated rings. The lowest BCUT2D eigenvalue weighted by Crippen LogP contribution is -2.29. The maximum absolute atomic E-state index is 6.05. The summed E-state index contributed by atoms with van der Waals surface area (Å²) in [5.74, 6) is 5.67. The van der Waals surface area contributed by atoms with Gasteiger partial charge in [-0.1, -0.05) is 17.7 Å². The van der Waals surface area contributed by atoms with Gasteiger partial charge in [0.15, 0.2) is 0 Å². The largest absolute Gasteiger partial charge is 0.378 e. The average molecular weight is 269 g/mol. The van der Waals surface area contributed by atoms with Gasteiger partial charge >= 0.3 is 0 Å². The Balaban J connectivity index is 2.00. The van der Waals surface area contributed by atoms with Crippen molar-refractivity contribution in [1.82, 2.24) is 5.43 Å². The quantitative estimate of drug-likeness (QED) is 0.637. The number of hydrazine groups is 1. The summed E-state index contributed by atoms with van der Waals surface area (Å²) in [7, 11) is 0. The van der Waals surface area contributed by atoms with Crippen molar-refractivity contribution in [3.05, 3.63) is 34.3 Å². The van der Waals surface area contributed by atoms with Crippen molar-refractivity contribution < 1.29 is 4.74 Å². The molecule has 0 saturated carbocycles. The molecule has 18 heavy (non-hydrogen) atoms. The van der Waals surface area contributed by atoms with Crippen LogP contribution in [-0.2, 0) is 4.74 Å². The molecule has 0 aromatic heterocycles. The maximum atomic E-state index is 6.05. The number of benzene rings is 1. The lowest BCUT2D eigenvalue weighted by molar-refractivity contribution is 0.0996. The Hall–Kier alpha value is -0.610. The highest BCUT2D eigenvalue weighted by atomic mass is 35.5. The van der Waals surface area contributed by atoms with Gasteiger partial charge in [-0.15, -0.1) is 0 Å². The standard InChI is InChI=1S/C14H21ClN2O/c1-10-4-5-11(15)9-13(10)14(17-16)7-6-12-3-2-8-18-12/h4-5,9,12,14,17H,2-3,6-8,16H2,1H3. The number of nitrogens with one attached hydrogen (secondary N) is 1. The first-order valence-corrected chi connectivity index (χ1v) is 6.92. The Labute approximate surface area is 114 Å². The second-order valence-corrected chi connectivity index (χ2v) is 5.37. The van der Waals surface area contributed by atoms with Crippen LogP contribution in [0.2, 0.25) is 5.02 Å². The SMILES string of the molecule is Cc1ccc(Cl)cc1C(CCC1CCCO1)NN. The number of ether oxygens (including phenoxy) is 1. The monoisotopic (exact) mass is 268 g/mol. The van der Waals surface area contributed by atoms with E-state index in [1.807, 2.05) is 18.2 Å². The van der Waals surface area contributed by atoms with Crippen molar-refractivity contribution in [2.75, 3.05) is 6.61 Å². The lowest BCUT2D eigenvalue weighted by atomic mass is 9.96. The van der Waals surface area contributed by atoms with Gasteiger partial charge in [-0.3, -0.25) is 11.3 Å². The fraction of sp³-hybridized carbons (Fsp3) is 0.571. The molecule has 0 bridgehead atoms. The molecule has 1 heterocycles. The molecule has 1 aromatic carbocycles. The molecule has 1 aliphatic heterocycles. The Kier molecular flexibility index (Phi) is 5.01.